The molecule has 2 fully saturated rings. The summed E-state index contributed by atoms with van der Waals surface area (Å²) in [5.74, 6) is -0.228. The summed E-state index contributed by atoms with van der Waals surface area (Å²) in [5.41, 5.74) is 1.01. The van der Waals surface area contributed by atoms with Crippen LogP contribution in [-0.2, 0) is 23.6 Å². The molecule has 1 unspecified atom stereocenters. The van der Waals surface area contributed by atoms with Crippen LogP contribution in [0.25, 0.3) is 6.08 Å². The average Bonchev–Trinajstić information content (AvgIpc) is 3.32. The van der Waals surface area contributed by atoms with E-state index in [1.807, 2.05) is 64.1 Å². The lowest BCUT2D eigenvalue weighted by Crippen LogP contribution is -2.49. The Balaban J connectivity index is 1.57. The molecule has 1 aromatic rings. The van der Waals surface area contributed by atoms with Crippen molar-refractivity contribution in [3.63, 3.8) is 0 Å². The van der Waals surface area contributed by atoms with Gasteiger partial charge in [0.2, 0.25) is 0 Å². The number of benzene rings is 1. The first kappa shape index (κ1) is 27.9. The minimum Gasteiger partial charge on any atom is -0.461 e. The van der Waals surface area contributed by atoms with Crippen LogP contribution in [-0.4, -0.2) is 54.7 Å². The Bertz CT molecular complexity index is 852. The lowest BCUT2D eigenvalue weighted by atomic mass is 9.79. The molecule has 2 atom stereocenters. The third kappa shape index (κ3) is 7.66. The van der Waals surface area contributed by atoms with E-state index in [2.05, 4.69) is 33.0 Å². The molecule has 0 bridgehead atoms. The highest BCUT2D eigenvalue weighted by Crippen LogP contribution is 2.36. The van der Waals surface area contributed by atoms with Gasteiger partial charge in [-0.25, -0.2) is 0 Å². The van der Waals surface area contributed by atoms with Crippen molar-refractivity contribution in [2.75, 3.05) is 6.54 Å². The summed E-state index contributed by atoms with van der Waals surface area (Å²) in [7, 11) is -0.365. The van der Waals surface area contributed by atoms with Crippen molar-refractivity contribution in [2.24, 2.45) is 0 Å². The van der Waals surface area contributed by atoms with E-state index in [9.17, 15) is 4.79 Å². The summed E-state index contributed by atoms with van der Waals surface area (Å²) in [4.78, 5) is 12.9. The zero-order valence-corrected chi connectivity index (χ0v) is 22.9. The minimum absolute atomic E-state index is 0.0340. The first-order valence-electron chi connectivity index (χ1n) is 13.0. The van der Waals surface area contributed by atoms with Crippen LogP contribution >= 0.6 is 0 Å². The average molecular weight is 485 g/mol. The smallest absolute Gasteiger partial charge is 0.461 e. The Kier molecular flexibility index (Phi) is 8.90. The van der Waals surface area contributed by atoms with Gasteiger partial charge in [-0.2, -0.15) is 0 Å². The Labute approximate surface area is 212 Å². The fourth-order valence-electron chi connectivity index (χ4n) is 4.44. The van der Waals surface area contributed by atoms with E-state index in [4.69, 9.17) is 18.8 Å². The largest absolute Gasteiger partial charge is 0.494 e. The molecule has 1 aliphatic carbocycles. The zero-order chi connectivity index (χ0) is 25.9. The molecule has 0 radical (unpaired) electrons. The van der Waals surface area contributed by atoms with Crippen molar-refractivity contribution >= 4 is 24.6 Å². The standard InChI is InChI=1S/C28H44BNO5/c1-20(33-26(2,3)4)24(25(31)32-23-13-9-10-14-23)30-19-11-12-21-15-17-22(18-16-21)29-34-27(5,6)28(7,8)35-29/h11-12,15-18,20,23-24,30H,9-10,13-14,19H2,1-8H3/t20-,24?/m1/s1. The Hall–Kier alpha value is -1.67. The molecule has 7 heteroatoms. The number of hydrogen-bond acceptors (Lipinski definition) is 6. The summed E-state index contributed by atoms with van der Waals surface area (Å²) < 4.78 is 24.1. The fourth-order valence-corrected chi connectivity index (χ4v) is 4.44. The highest BCUT2D eigenvalue weighted by molar-refractivity contribution is 6.62. The third-order valence-corrected chi connectivity index (χ3v) is 7.08. The number of nitrogens with one attached hydrogen (secondary N) is 1. The van der Waals surface area contributed by atoms with Crippen molar-refractivity contribution < 1.29 is 23.6 Å². The number of carbonyl (C=O) groups excluding carboxylic acids is 1. The SMILES string of the molecule is C[C@@H](OC(C)(C)C)C(NCC=Cc1ccc(B2OC(C)(C)C(C)(C)O2)cc1)C(=O)OC1CCCC1. The van der Waals surface area contributed by atoms with Gasteiger partial charge in [0.15, 0.2) is 0 Å². The summed E-state index contributed by atoms with van der Waals surface area (Å²) in [5, 5.41) is 3.33. The van der Waals surface area contributed by atoms with Crippen molar-refractivity contribution in [3.8, 4) is 0 Å². The summed E-state index contributed by atoms with van der Waals surface area (Å²) in [6, 6.07) is 7.65. The highest BCUT2D eigenvalue weighted by atomic mass is 16.7. The molecule has 2 aliphatic rings. The van der Waals surface area contributed by atoms with E-state index in [1.54, 1.807) is 0 Å². The van der Waals surface area contributed by atoms with E-state index in [-0.39, 0.29) is 42.1 Å². The van der Waals surface area contributed by atoms with Crippen LogP contribution in [0.4, 0.5) is 0 Å². The van der Waals surface area contributed by atoms with Gasteiger partial charge in [-0.1, -0.05) is 36.4 Å². The van der Waals surface area contributed by atoms with E-state index in [0.29, 0.717) is 6.54 Å². The predicted molar refractivity (Wildman–Crippen MR) is 142 cm³/mol. The predicted octanol–water partition coefficient (Wildman–Crippen LogP) is 4.65. The summed E-state index contributed by atoms with van der Waals surface area (Å²) in [6.45, 7) is 16.7. The molecule has 194 valence electrons. The quantitative estimate of drug-likeness (QED) is 0.406. The van der Waals surface area contributed by atoms with Crippen molar-refractivity contribution in [3.05, 3.63) is 35.9 Å². The van der Waals surface area contributed by atoms with Crippen LogP contribution in [0.2, 0.25) is 0 Å². The normalized spacial score (nSPS) is 22.0. The highest BCUT2D eigenvalue weighted by Gasteiger charge is 2.51. The number of rotatable bonds is 9. The first-order chi connectivity index (χ1) is 16.3. The van der Waals surface area contributed by atoms with Gasteiger partial charge >= 0.3 is 13.1 Å². The van der Waals surface area contributed by atoms with Gasteiger partial charge in [-0.15, -0.1) is 0 Å². The zero-order valence-electron chi connectivity index (χ0n) is 22.9. The van der Waals surface area contributed by atoms with Gasteiger partial charge in [-0.05, 0) is 92.1 Å². The van der Waals surface area contributed by atoms with Crippen LogP contribution in [0.3, 0.4) is 0 Å². The molecule has 35 heavy (non-hydrogen) atoms. The molecule has 1 N–H and O–H groups in total. The first-order valence-corrected chi connectivity index (χ1v) is 13.0. The molecule has 1 saturated carbocycles. The van der Waals surface area contributed by atoms with Crippen molar-refractivity contribution in [2.45, 2.75) is 116 Å². The van der Waals surface area contributed by atoms with E-state index < -0.39 is 6.04 Å². The number of hydrogen-bond donors (Lipinski definition) is 1. The fraction of sp³-hybridized carbons (Fsp3) is 0.679. The van der Waals surface area contributed by atoms with Crippen LogP contribution in [0.5, 0.6) is 0 Å². The molecule has 3 rings (SSSR count). The number of carbonyl (C=O) groups is 1. The number of ether oxygens (including phenoxy) is 2. The van der Waals surface area contributed by atoms with E-state index in [0.717, 1.165) is 36.7 Å². The van der Waals surface area contributed by atoms with Crippen LogP contribution in [0.1, 0.15) is 86.6 Å². The van der Waals surface area contributed by atoms with Gasteiger partial charge < -0.3 is 18.8 Å². The maximum atomic E-state index is 12.9. The molecular formula is C28H44BNO5. The summed E-state index contributed by atoms with van der Waals surface area (Å²) in [6.07, 6.45) is 7.94. The second-order valence-corrected chi connectivity index (χ2v) is 11.8. The molecule has 1 aliphatic heterocycles. The number of esters is 1. The van der Waals surface area contributed by atoms with Crippen LogP contribution < -0.4 is 10.8 Å². The lowest BCUT2D eigenvalue weighted by Gasteiger charge is -2.32. The maximum Gasteiger partial charge on any atom is 0.494 e. The molecule has 0 spiro atoms. The van der Waals surface area contributed by atoms with Gasteiger partial charge in [-0.3, -0.25) is 10.1 Å². The molecule has 1 saturated heterocycles. The van der Waals surface area contributed by atoms with E-state index in [1.165, 1.54) is 0 Å². The Morgan fingerprint density at radius 2 is 1.69 bits per heavy atom. The van der Waals surface area contributed by atoms with Gasteiger partial charge in [0.05, 0.1) is 22.9 Å². The topological polar surface area (TPSA) is 66.0 Å². The maximum absolute atomic E-state index is 12.9. The second kappa shape index (κ2) is 11.2. The monoisotopic (exact) mass is 485 g/mol. The molecule has 0 aromatic heterocycles. The second-order valence-electron chi connectivity index (χ2n) is 11.8. The van der Waals surface area contributed by atoms with Gasteiger partial charge in [0, 0.05) is 6.54 Å². The Morgan fingerprint density at radius 3 is 2.23 bits per heavy atom. The van der Waals surface area contributed by atoms with Crippen molar-refractivity contribution in [1.82, 2.24) is 5.32 Å². The van der Waals surface area contributed by atoms with Crippen molar-refractivity contribution in [1.29, 1.82) is 0 Å². The van der Waals surface area contributed by atoms with Crippen LogP contribution in [0, 0.1) is 0 Å². The summed E-state index contributed by atoms with van der Waals surface area (Å²) >= 11 is 0. The Morgan fingerprint density at radius 1 is 1.11 bits per heavy atom. The lowest BCUT2D eigenvalue weighted by molar-refractivity contribution is -0.158. The van der Waals surface area contributed by atoms with Crippen LogP contribution in [0.15, 0.2) is 30.3 Å². The van der Waals surface area contributed by atoms with E-state index >= 15 is 0 Å². The van der Waals surface area contributed by atoms with Gasteiger partial charge in [0.25, 0.3) is 0 Å². The minimum atomic E-state index is -0.523. The molecule has 1 aromatic carbocycles. The molecule has 6 nitrogen and oxygen atoms in total. The molecular weight excluding hydrogens is 441 g/mol. The molecule has 1 heterocycles. The van der Waals surface area contributed by atoms with Gasteiger partial charge in [0.1, 0.15) is 12.1 Å². The molecule has 0 amide bonds. The third-order valence-electron chi connectivity index (χ3n) is 7.08.